The van der Waals surface area contributed by atoms with E-state index in [1.807, 2.05) is 0 Å². The molecule has 0 saturated carbocycles. The molecule has 1 heterocycles. The molecule has 2 nitrogen and oxygen atoms in total. The smallest absolute Gasteiger partial charge is 0.0967 e. The van der Waals surface area contributed by atoms with E-state index in [0.29, 0.717) is 6.54 Å². The predicted molar refractivity (Wildman–Crippen MR) is 38.0 cm³/mol. The van der Waals surface area contributed by atoms with E-state index >= 15 is 0 Å². The summed E-state index contributed by atoms with van der Waals surface area (Å²) in [7, 11) is 0. The average molecular weight is 138 g/mol. The number of nitrogens with zero attached hydrogens (tertiary/aromatic N) is 1. The van der Waals surface area contributed by atoms with Crippen molar-refractivity contribution < 1.29 is 0 Å². The highest BCUT2D eigenvalue weighted by Gasteiger charge is 1.82. The first-order valence-corrected chi connectivity index (χ1v) is 3.39. The van der Waals surface area contributed by atoms with Crippen molar-refractivity contribution in [1.82, 2.24) is 4.98 Å². The maximum absolute atomic E-state index is 5.16. The largest absolute Gasteiger partial charge is 0.320 e. The van der Waals surface area contributed by atoms with Gasteiger partial charge >= 0.3 is 0 Å². The Morgan fingerprint density at radius 2 is 2.67 bits per heavy atom. The molecule has 0 aliphatic rings. The summed E-state index contributed by atoms with van der Waals surface area (Å²) in [5.41, 5.74) is 6.91. The van der Waals surface area contributed by atoms with Gasteiger partial charge in [0.05, 0.1) is 23.1 Å². The minimum atomic E-state index is 0.415. The minimum Gasteiger partial charge on any atom is -0.320 e. The van der Waals surface area contributed by atoms with Crippen molar-refractivity contribution in [2.75, 3.05) is 6.54 Å². The van der Waals surface area contributed by atoms with Gasteiger partial charge in [-0.1, -0.05) is 11.8 Å². The van der Waals surface area contributed by atoms with Crippen molar-refractivity contribution in [1.29, 1.82) is 0 Å². The quantitative estimate of drug-likeness (QED) is 0.529. The number of aromatic nitrogens is 1. The van der Waals surface area contributed by atoms with Crippen LogP contribution in [0.15, 0.2) is 11.7 Å². The molecule has 0 aliphatic heterocycles. The molecule has 0 saturated heterocycles. The third kappa shape index (κ3) is 1.84. The molecule has 3 heteroatoms. The van der Waals surface area contributed by atoms with Crippen molar-refractivity contribution in [3.8, 4) is 11.8 Å². The summed E-state index contributed by atoms with van der Waals surface area (Å²) >= 11 is 1.52. The Labute approximate surface area is 57.7 Å². The summed E-state index contributed by atoms with van der Waals surface area (Å²) in [4.78, 5) is 4.82. The molecule has 0 bridgehead atoms. The molecule has 0 atom stereocenters. The van der Waals surface area contributed by atoms with E-state index < -0.39 is 0 Å². The Hall–Kier alpha value is -0.850. The van der Waals surface area contributed by atoms with Gasteiger partial charge in [-0.05, 0) is 0 Å². The standard InChI is InChI=1S/C6H6N2S/c7-3-1-2-6-4-8-5-9-6/h4-5H,3,7H2. The van der Waals surface area contributed by atoms with Crippen LogP contribution in [-0.4, -0.2) is 11.5 Å². The van der Waals surface area contributed by atoms with Crippen LogP contribution in [0.1, 0.15) is 4.88 Å². The molecule has 0 spiro atoms. The molecular formula is C6H6N2S. The monoisotopic (exact) mass is 138 g/mol. The maximum Gasteiger partial charge on any atom is 0.0967 e. The second kappa shape index (κ2) is 3.23. The van der Waals surface area contributed by atoms with Crippen molar-refractivity contribution >= 4 is 11.3 Å². The van der Waals surface area contributed by atoms with Gasteiger partial charge < -0.3 is 5.73 Å². The first kappa shape index (κ1) is 6.27. The summed E-state index contributed by atoms with van der Waals surface area (Å²) in [6.07, 6.45) is 1.73. The lowest BCUT2D eigenvalue weighted by molar-refractivity contribution is 1.30. The van der Waals surface area contributed by atoms with Gasteiger partial charge in [-0.25, -0.2) is 0 Å². The lowest BCUT2D eigenvalue weighted by Crippen LogP contribution is -1.92. The van der Waals surface area contributed by atoms with Gasteiger partial charge in [-0.2, -0.15) is 0 Å². The Morgan fingerprint density at radius 1 is 1.78 bits per heavy atom. The summed E-state index contributed by atoms with van der Waals surface area (Å²) in [6, 6.07) is 0. The van der Waals surface area contributed by atoms with E-state index in [-0.39, 0.29) is 0 Å². The Morgan fingerprint density at radius 3 is 3.22 bits per heavy atom. The summed E-state index contributed by atoms with van der Waals surface area (Å²) in [5.74, 6) is 5.60. The van der Waals surface area contributed by atoms with Gasteiger partial charge in [-0.15, -0.1) is 11.3 Å². The van der Waals surface area contributed by atoms with Crippen molar-refractivity contribution in [2.45, 2.75) is 0 Å². The van der Waals surface area contributed by atoms with Gasteiger partial charge in [0.15, 0.2) is 0 Å². The van der Waals surface area contributed by atoms with E-state index in [0.717, 1.165) is 4.88 Å². The zero-order chi connectivity index (χ0) is 6.53. The van der Waals surface area contributed by atoms with Gasteiger partial charge in [0.25, 0.3) is 0 Å². The van der Waals surface area contributed by atoms with Gasteiger partial charge in [0.1, 0.15) is 0 Å². The summed E-state index contributed by atoms with van der Waals surface area (Å²) in [6.45, 7) is 0.415. The molecule has 0 aromatic carbocycles. The number of nitrogens with two attached hydrogens (primary N) is 1. The predicted octanol–water partition coefficient (Wildman–Crippen LogP) is 0.453. The number of thiazole rings is 1. The molecule has 46 valence electrons. The first-order valence-electron chi connectivity index (χ1n) is 2.51. The van der Waals surface area contributed by atoms with Gasteiger partial charge in [-0.3, -0.25) is 4.98 Å². The van der Waals surface area contributed by atoms with Crippen LogP contribution >= 0.6 is 11.3 Å². The third-order valence-corrected chi connectivity index (χ3v) is 1.43. The molecule has 0 amide bonds. The van der Waals surface area contributed by atoms with Gasteiger partial charge in [0.2, 0.25) is 0 Å². The lowest BCUT2D eigenvalue weighted by atomic mass is 10.5. The number of rotatable bonds is 0. The van der Waals surface area contributed by atoms with E-state index in [4.69, 9.17) is 5.73 Å². The molecular weight excluding hydrogens is 132 g/mol. The highest BCUT2D eigenvalue weighted by atomic mass is 32.1. The van der Waals surface area contributed by atoms with E-state index in [9.17, 15) is 0 Å². The topological polar surface area (TPSA) is 38.9 Å². The Kier molecular flexibility index (Phi) is 2.25. The fourth-order valence-corrected chi connectivity index (χ4v) is 0.904. The van der Waals surface area contributed by atoms with E-state index in [2.05, 4.69) is 16.8 Å². The van der Waals surface area contributed by atoms with Crippen LogP contribution in [0.25, 0.3) is 0 Å². The number of hydrogen-bond acceptors (Lipinski definition) is 3. The lowest BCUT2D eigenvalue weighted by Gasteiger charge is -1.71. The van der Waals surface area contributed by atoms with Gasteiger partial charge in [0, 0.05) is 0 Å². The molecule has 1 aromatic heterocycles. The normalized spacial score (nSPS) is 8.11. The van der Waals surface area contributed by atoms with Crippen molar-refractivity contribution in [3.05, 3.63) is 16.6 Å². The maximum atomic E-state index is 5.16. The third-order valence-electron chi connectivity index (χ3n) is 0.746. The van der Waals surface area contributed by atoms with Crippen LogP contribution in [0, 0.1) is 11.8 Å². The molecule has 1 aromatic rings. The van der Waals surface area contributed by atoms with Crippen LogP contribution in [-0.2, 0) is 0 Å². The van der Waals surface area contributed by atoms with Crippen molar-refractivity contribution in [3.63, 3.8) is 0 Å². The van der Waals surface area contributed by atoms with Crippen LogP contribution in [0.5, 0.6) is 0 Å². The highest BCUT2D eigenvalue weighted by molar-refractivity contribution is 7.10. The van der Waals surface area contributed by atoms with E-state index in [1.165, 1.54) is 11.3 Å². The molecule has 2 N–H and O–H groups in total. The minimum absolute atomic E-state index is 0.415. The second-order valence-electron chi connectivity index (χ2n) is 1.37. The molecule has 1 rings (SSSR count). The zero-order valence-corrected chi connectivity index (χ0v) is 5.61. The average Bonchev–Trinajstić information content (AvgIpc) is 2.34. The van der Waals surface area contributed by atoms with Crippen LogP contribution < -0.4 is 5.73 Å². The van der Waals surface area contributed by atoms with Crippen LogP contribution in [0.3, 0.4) is 0 Å². The number of hydrogen-bond donors (Lipinski definition) is 1. The SMILES string of the molecule is NCC#Cc1cncs1. The summed E-state index contributed by atoms with van der Waals surface area (Å²) < 4.78 is 0. The Balaban J connectivity index is 2.67. The van der Waals surface area contributed by atoms with Crippen LogP contribution in [0.4, 0.5) is 0 Å². The fourth-order valence-electron chi connectivity index (χ4n) is 0.416. The Bertz CT molecular complexity index is 217. The fraction of sp³-hybridized carbons (Fsp3) is 0.167. The zero-order valence-electron chi connectivity index (χ0n) is 4.79. The molecule has 0 radical (unpaired) electrons. The molecule has 0 fully saturated rings. The van der Waals surface area contributed by atoms with Crippen molar-refractivity contribution in [2.24, 2.45) is 5.73 Å². The second-order valence-corrected chi connectivity index (χ2v) is 2.26. The first-order chi connectivity index (χ1) is 4.43. The van der Waals surface area contributed by atoms with Crippen LogP contribution in [0.2, 0.25) is 0 Å². The highest BCUT2D eigenvalue weighted by Crippen LogP contribution is 2.01. The summed E-state index contributed by atoms with van der Waals surface area (Å²) in [5, 5.41) is 0. The molecule has 0 unspecified atom stereocenters. The molecule has 0 aliphatic carbocycles. The van der Waals surface area contributed by atoms with E-state index in [1.54, 1.807) is 11.7 Å². The molecule has 9 heavy (non-hydrogen) atoms.